The van der Waals surface area contributed by atoms with Gasteiger partial charge < -0.3 is 0 Å². The average Bonchev–Trinajstić information content (AvgIpc) is 2.29. The minimum atomic E-state index is 0.965. The highest BCUT2D eigenvalue weighted by Gasteiger charge is 1.90. The third-order valence-electron chi connectivity index (χ3n) is 2.10. The van der Waals surface area contributed by atoms with Crippen molar-refractivity contribution in [3.8, 4) is 0 Å². The molecule has 0 radical (unpaired) electrons. The Labute approximate surface area is 106 Å². The Morgan fingerprint density at radius 2 is 1.06 bits per heavy atom. The third-order valence-corrected chi connectivity index (χ3v) is 2.10. The fourth-order valence-corrected chi connectivity index (χ4v) is 1.25. The van der Waals surface area contributed by atoms with E-state index in [1.165, 1.54) is 0 Å². The van der Waals surface area contributed by atoms with Crippen LogP contribution in [0.4, 0.5) is 0 Å². The molecule has 0 spiro atoms. The zero-order valence-corrected chi connectivity index (χ0v) is 9.72. The Balaban J connectivity index is 2.10. The second-order valence-electron chi connectivity index (χ2n) is 3.42. The van der Waals surface area contributed by atoms with Gasteiger partial charge in [-0.15, -0.1) is 0 Å². The summed E-state index contributed by atoms with van der Waals surface area (Å²) in [5, 5.41) is 0. The summed E-state index contributed by atoms with van der Waals surface area (Å²) in [6.07, 6.45) is 21.2. The van der Waals surface area contributed by atoms with Gasteiger partial charge in [0, 0.05) is 49.7 Å². The van der Waals surface area contributed by atoms with Gasteiger partial charge in [-0.3, -0.25) is 20.0 Å². The van der Waals surface area contributed by atoms with Crippen LogP contribution in [-0.2, 0) is 0 Å². The minimum absolute atomic E-state index is 0.965. The van der Waals surface area contributed by atoms with E-state index in [-0.39, 0.29) is 0 Å². The molecule has 0 N–H and O–H groups in total. The molecule has 18 heavy (non-hydrogen) atoms. The molecule has 0 amide bonds. The van der Waals surface area contributed by atoms with Gasteiger partial charge in [-0.25, -0.2) is 0 Å². The normalized spacial score (nSPS) is 18.2. The van der Waals surface area contributed by atoms with Crippen molar-refractivity contribution in [3.63, 3.8) is 0 Å². The Kier molecular flexibility index (Phi) is 4.51. The van der Waals surface area contributed by atoms with Gasteiger partial charge in [-0.05, 0) is 23.3 Å². The van der Waals surface area contributed by atoms with Crippen LogP contribution in [-0.4, -0.2) is 24.9 Å². The van der Waals surface area contributed by atoms with E-state index in [9.17, 15) is 0 Å². The van der Waals surface area contributed by atoms with Crippen LogP contribution in [0.5, 0.6) is 0 Å². The van der Waals surface area contributed by atoms with Crippen molar-refractivity contribution >= 4 is 24.9 Å². The quantitative estimate of drug-likeness (QED) is 0.707. The van der Waals surface area contributed by atoms with E-state index in [1.54, 1.807) is 49.7 Å². The lowest BCUT2D eigenvalue weighted by Crippen LogP contribution is -1.86. The Hall–Kier alpha value is -2.62. The number of rotatable bonds is 2. The summed E-state index contributed by atoms with van der Waals surface area (Å²) in [6, 6.07) is 0. The van der Waals surface area contributed by atoms with E-state index in [1.807, 2.05) is 24.3 Å². The second kappa shape index (κ2) is 6.85. The van der Waals surface area contributed by atoms with Gasteiger partial charge in [0.15, 0.2) is 0 Å². The lowest BCUT2D eigenvalue weighted by Gasteiger charge is -1.95. The Morgan fingerprint density at radius 1 is 0.611 bits per heavy atom. The number of aliphatic imine (C=N–C) groups is 4. The van der Waals surface area contributed by atoms with Crippen molar-refractivity contribution in [2.24, 2.45) is 20.0 Å². The second-order valence-corrected chi connectivity index (χ2v) is 3.42. The molecule has 0 aromatic carbocycles. The van der Waals surface area contributed by atoms with E-state index in [0.29, 0.717) is 0 Å². The highest BCUT2D eigenvalue weighted by molar-refractivity contribution is 5.93. The fraction of sp³-hybridized carbons (Fsp3) is 0. The summed E-state index contributed by atoms with van der Waals surface area (Å²) in [5.41, 5.74) is 1.93. The predicted molar refractivity (Wildman–Crippen MR) is 77.6 cm³/mol. The van der Waals surface area contributed by atoms with Crippen molar-refractivity contribution in [2.75, 3.05) is 0 Å². The molecule has 0 aromatic heterocycles. The standard InChI is InChI=1S/C14H12N4/c1(13-3-5-15-7-9-17-11-13)2-14-4-6-16-8-10-18-12-14/h1-12H. The lowest BCUT2D eigenvalue weighted by molar-refractivity contribution is 1.47. The van der Waals surface area contributed by atoms with Crippen LogP contribution in [0, 0.1) is 0 Å². The summed E-state index contributed by atoms with van der Waals surface area (Å²) < 4.78 is 0. The number of hydrogen-bond acceptors (Lipinski definition) is 4. The van der Waals surface area contributed by atoms with Gasteiger partial charge in [-0.2, -0.15) is 0 Å². The van der Waals surface area contributed by atoms with Crippen LogP contribution in [0.15, 0.2) is 80.2 Å². The van der Waals surface area contributed by atoms with Crippen LogP contribution < -0.4 is 0 Å². The molecular weight excluding hydrogens is 224 g/mol. The molecular formula is C14H12N4. The maximum absolute atomic E-state index is 4.08. The zero-order valence-electron chi connectivity index (χ0n) is 9.72. The summed E-state index contributed by atoms with van der Waals surface area (Å²) in [7, 11) is 0. The monoisotopic (exact) mass is 236 g/mol. The van der Waals surface area contributed by atoms with Crippen LogP contribution in [0.25, 0.3) is 0 Å². The Bertz CT molecular complexity index is 502. The molecule has 4 heteroatoms. The predicted octanol–water partition coefficient (Wildman–Crippen LogP) is 2.65. The largest absolute Gasteiger partial charge is 0.263 e. The van der Waals surface area contributed by atoms with Gasteiger partial charge in [0.05, 0.1) is 0 Å². The molecule has 2 aliphatic rings. The van der Waals surface area contributed by atoms with Gasteiger partial charge in [0.1, 0.15) is 0 Å². The summed E-state index contributed by atoms with van der Waals surface area (Å²) >= 11 is 0. The zero-order chi connectivity index (χ0) is 12.5. The highest BCUT2D eigenvalue weighted by atomic mass is 14.7. The molecule has 88 valence electrons. The van der Waals surface area contributed by atoms with Gasteiger partial charge in [0.25, 0.3) is 0 Å². The van der Waals surface area contributed by atoms with Crippen molar-refractivity contribution < 1.29 is 0 Å². The molecule has 0 fully saturated rings. The fourth-order valence-electron chi connectivity index (χ4n) is 1.25. The molecule has 2 rings (SSSR count). The number of nitrogens with zero attached hydrogens (tertiary/aromatic N) is 4. The SMILES string of the molecule is C1=CN=CC(C=CC2=CC=NC=CN=C2)=CC=N1. The first-order valence-corrected chi connectivity index (χ1v) is 5.46. The van der Waals surface area contributed by atoms with E-state index in [4.69, 9.17) is 0 Å². The maximum Gasteiger partial charge on any atom is 0.0451 e. The molecule has 0 saturated carbocycles. The Morgan fingerprint density at radius 3 is 1.56 bits per heavy atom. The van der Waals surface area contributed by atoms with E-state index in [2.05, 4.69) is 20.0 Å². The van der Waals surface area contributed by atoms with Gasteiger partial charge in [0.2, 0.25) is 0 Å². The van der Waals surface area contributed by atoms with E-state index < -0.39 is 0 Å². The van der Waals surface area contributed by atoms with Crippen LogP contribution in [0.1, 0.15) is 0 Å². The summed E-state index contributed by atoms with van der Waals surface area (Å²) in [5.74, 6) is 0. The average molecular weight is 236 g/mol. The molecule has 0 atom stereocenters. The van der Waals surface area contributed by atoms with Crippen LogP contribution >= 0.6 is 0 Å². The van der Waals surface area contributed by atoms with E-state index >= 15 is 0 Å². The first kappa shape index (κ1) is 11.9. The summed E-state index contributed by atoms with van der Waals surface area (Å²) in [4.78, 5) is 16.2. The van der Waals surface area contributed by atoms with Crippen LogP contribution in [0.2, 0.25) is 0 Å². The molecule has 0 bridgehead atoms. The van der Waals surface area contributed by atoms with Gasteiger partial charge in [-0.1, -0.05) is 12.2 Å². The van der Waals surface area contributed by atoms with Crippen molar-refractivity contribution in [2.45, 2.75) is 0 Å². The van der Waals surface area contributed by atoms with Gasteiger partial charge >= 0.3 is 0 Å². The molecule has 2 heterocycles. The smallest absolute Gasteiger partial charge is 0.0451 e. The van der Waals surface area contributed by atoms with Crippen molar-refractivity contribution in [1.29, 1.82) is 0 Å². The first-order chi connectivity index (χ1) is 8.95. The van der Waals surface area contributed by atoms with Crippen molar-refractivity contribution in [1.82, 2.24) is 0 Å². The third kappa shape index (κ3) is 4.09. The van der Waals surface area contributed by atoms with Crippen molar-refractivity contribution in [3.05, 3.63) is 60.3 Å². The lowest BCUT2D eigenvalue weighted by atomic mass is 10.2. The molecule has 4 nitrogen and oxygen atoms in total. The molecule has 0 aromatic rings. The highest BCUT2D eigenvalue weighted by Crippen LogP contribution is 2.01. The topological polar surface area (TPSA) is 49.4 Å². The molecule has 0 saturated heterocycles. The first-order valence-electron chi connectivity index (χ1n) is 5.46. The molecule has 2 aliphatic heterocycles. The minimum Gasteiger partial charge on any atom is -0.263 e. The molecule has 0 unspecified atom stereocenters. The summed E-state index contributed by atoms with van der Waals surface area (Å²) in [6.45, 7) is 0. The number of hydrogen-bond donors (Lipinski definition) is 0. The van der Waals surface area contributed by atoms with Crippen LogP contribution in [0.3, 0.4) is 0 Å². The maximum atomic E-state index is 4.08. The number of allylic oxidation sites excluding steroid dienone is 6. The van der Waals surface area contributed by atoms with E-state index in [0.717, 1.165) is 11.1 Å². The molecule has 0 aliphatic carbocycles.